The second kappa shape index (κ2) is 9.51. The minimum atomic E-state index is -0.342. The summed E-state index contributed by atoms with van der Waals surface area (Å²) in [5.74, 6) is 1.89. The molecule has 3 heterocycles. The molecule has 9 heteroatoms. The topological polar surface area (TPSA) is 98.2 Å². The van der Waals surface area contributed by atoms with Crippen LogP contribution in [0.3, 0.4) is 0 Å². The van der Waals surface area contributed by atoms with Gasteiger partial charge in [-0.3, -0.25) is 9.69 Å². The summed E-state index contributed by atoms with van der Waals surface area (Å²) in [6, 6.07) is 5.30. The van der Waals surface area contributed by atoms with Gasteiger partial charge in [0.1, 0.15) is 6.04 Å². The van der Waals surface area contributed by atoms with Gasteiger partial charge < -0.3 is 14.5 Å². The third-order valence-electron chi connectivity index (χ3n) is 6.85. The molecule has 1 saturated heterocycles. The second-order valence-corrected chi connectivity index (χ2v) is 9.32. The molecule has 0 bridgehead atoms. The third-order valence-corrected chi connectivity index (χ3v) is 6.85. The van der Waals surface area contributed by atoms with Crippen LogP contribution in [0.5, 0.6) is 11.5 Å². The van der Waals surface area contributed by atoms with E-state index in [0.717, 1.165) is 37.7 Å². The van der Waals surface area contributed by atoms with E-state index in [1.54, 1.807) is 20.3 Å². The van der Waals surface area contributed by atoms with Gasteiger partial charge in [0.2, 0.25) is 0 Å². The highest BCUT2D eigenvalue weighted by Crippen LogP contribution is 2.35. The lowest BCUT2D eigenvalue weighted by atomic mass is 9.99. The minimum absolute atomic E-state index is 0.146. The molecule has 0 unspecified atom stereocenters. The monoisotopic (exact) mass is 454 g/mol. The fraction of sp³-hybridized carbons (Fsp3) is 0.583. The van der Waals surface area contributed by atoms with Crippen molar-refractivity contribution in [2.24, 2.45) is 0 Å². The Hall–Kier alpha value is -2.94. The number of nitrogens with zero attached hydrogens (tertiary/aromatic N) is 5. The van der Waals surface area contributed by atoms with Crippen molar-refractivity contribution >= 4 is 10.9 Å². The molecular weight excluding hydrogens is 420 g/mol. The van der Waals surface area contributed by atoms with Gasteiger partial charge >= 0.3 is 0 Å². The molecule has 4 rings (SSSR count). The molecule has 9 nitrogen and oxygen atoms in total. The van der Waals surface area contributed by atoms with Crippen molar-refractivity contribution in [3.8, 4) is 11.5 Å². The summed E-state index contributed by atoms with van der Waals surface area (Å²) >= 11 is 0. The van der Waals surface area contributed by atoms with E-state index < -0.39 is 0 Å². The van der Waals surface area contributed by atoms with E-state index in [0.29, 0.717) is 28.4 Å². The molecule has 1 aliphatic rings. The first kappa shape index (κ1) is 23.2. The molecule has 0 amide bonds. The highest BCUT2D eigenvalue weighted by molar-refractivity contribution is 5.83. The molecule has 3 aromatic rings. The van der Waals surface area contributed by atoms with E-state index >= 15 is 0 Å². The lowest BCUT2D eigenvalue weighted by Gasteiger charge is -2.32. The fourth-order valence-electron chi connectivity index (χ4n) is 4.55. The normalized spacial score (nSPS) is 16.5. The third kappa shape index (κ3) is 4.46. The average Bonchev–Trinajstić information content (AvgIpc) is 3.15. The SMILES string of the molecule is CCC(C)(C)n1nnnc1[C@@H](c1cc2cc(OC)c(OC)cc2[nH]c1=O)N1CCCCCC1. The van der Waals surface area contributed by atoms with Gasteiger partial charge in [-0.25, -0.2) is 4.68 Å². The van der Waals surface area contributed by atoms with E-state index in [1.165, 1.54) is 12.8 Å². The van der Waals surface area contributed by atoms with Crippen molar-refractivity contribution in [3.63, 3.8) is 0 Å². The Balaban J connectivity index is 1.92. The summed E-state index contributed by atoms with van der Waals surface area (Å²) in [6.45, 7) is 8.15. The number of hydrogen-bond acceptors (Lipinski definition) is 7. The van der Waals surface area contributed by atoms with E-state index in [-0.39, 0.29) is 17.1 Å². The second-order valence-electron chi connectivity index (χ2n) is 9.32. The van der Waals surface area contributed by atoms with Gasteiger partial charge in [-0.2, -0.15) is 0 Å². The number of fused-ring (bicyclic) bond motifs is 1. The Morgan fingerprint density at radius 2 is 1.73 bits per heavy atom. The Bertz CT molecular complexity index is 1160. The van der Waals surface area contributed by atoms with Crippen LogP contribution in [0, 0.1) is 0 Å². The predicted octanol–water partition coefficient (Wildman–Crippen LogP) is 3.64. The molecule has 33 heavy (non-hydrogen) atoms. The van der Waals surface area contributed by atoms with Crippen LogP contribution in [0.2, 0.25) is 0 Å². The van der Waals surface area contributed by atoms with Crippen molar-refractivity contribution in [1.82, 2.24) is 30.1 Å². The highest BCUT2D eigenvalue weighted by atomic mass is 16.5. The number of tetrazole rings is 1. The number of aromatic nitrogens is 5. The Morgan fingerprint density at radius 3 is 2.36 bits per heavy atom. The zero-order chi connectivity index (χ0) is 23.6. The van der Waals surface area contributed by atoms with Gasteiger partial charge in [-0.05, 0) is 68.8 Å². The molecule has 1 N–H and O–H groups in total. The van der Waals surface area contributed by atoms with Crippen LogP contribution in [-0.2, 0) is 5.54 Å². The first-order valence-electron chi connectivity index (χ1n) is 11.7. The summed E-state index contributed by atoms with van der Waals surface area (Å²) in [4.78, 5) is 18.9. The van der Waals surface area contributed by atoms with Gasteiger partial charge in [0.15, 0.2) is 17.3 Å². The Morgan fingerprint density at radius 1 is 1.06 bits per heavy atom. The van der Waals surface area contributed by atoms with Crippen LogP contribution in [0.1, 0.15) is 70.3 Å². The summed E-state index contributed by atoms with van der Waals surface area (Å²) < 4.78 is 12.8. The maximum atomic E-state index is 13.5. The lowest BCUT2D eigenvalue weighted by Crippen LogP contribution is -2.38. The molecule has 1 atom stereocenters. The molecule has 0 radical (unpaired) electrons. The van der Waals surface area contributed by atoms with E-state index in [9.17, 15) is 4.79 Å². The smallest absolute Gasteiger partial charge is 0.253 e. The number of ether oxygens (including phenoxy) is 2. The zero-order valence-electron chi connectivity index (χ0n) is 20.2. The van der Waals surface area contributed by atoms with E-state index in [2.05, 4.69) is 46.2 Å². The van der Waals surface area contributed by atoms with Crippen LogP contribution < -0.4 is 15.0 Å². The van der Waals surface area contributed by atoms with Gasteiger partial charge in [0.25, 0.3) is 5.56 Å². The summed E-state index contributed by atoms with van der Waals surface area (Å²) in [7, 11) is 3.19. The number of likely N-dealkylation sites (tertiary alicyclic amines) is 1. The number of benzene rings is 1. The van der Waals surface area contributed by atoms with E-state index in [1.807, 2.05) is 16.8 Å². The molecule has 1 aliphatic heterocycles. The molecule has 178 valence electrons. The fourth-order valence-corrected chi connectivity index (χ4v) is 4.55. The van der Waals surface area contributed by atoms with Crippen molar-refractivity contribution in [1.29, 1.82) is 0 Å². The van der Waals surface area contributed by atoms with Crippen LogP contribution >= 0.6 is 0 Å². The maximum Gasteiger partial charge on any atom is 0.253 e. The zero-order valence-corrected chi connectivity index (χ0v) is 20.2. The molecule has 1 fully saturated rings. The predicted molar refractivity (Wildman–Crippen MR) is 127 cm³/mol. The lowest BCUT2D eigenvalue weighted by molar-refractivity contribution is 0.202. The number of pyridine rings is 1. The van der Waals surface area contributed by atoms with Gasteiger partial charge in [0, 0.05) is 17.0 Å². The molecule has 0 saturated carbocycles. The van der Waals surface area contributed by atoms with Crippen LogP contribution in [0.4, 0.5) is 0 Å². The van der Waals surface area contributed by atoms with Crippen molar-refractivity contribution < 1.29 is 9.47 Å². The summed E-state index contributed by atoms with van der Waals surface area (Å²) in [6.07, 6.45) is 5.43. The van der Waals surface area contributed by atoms with Gasteiger partial charge in [-0.1, -0.05) is 19.8 Å². The van der Waals surface area contributed by atoms with Crippen molar-refractivity contribution in [2.45, 2.75) is 64.5 Å². The number of hydrogen-bond donors (Lipinski definition) is 1. The van der Waals surface area contributed by atoms with Crippen LogP contribution in [0.15, 0.2) is 23.0 Å². The number of rotatable bonds is 7. The van der Waals surface area contributed by atoms with Crippen LogP contribution in [0.25, 0.3) is 10.9 Å². The van der Waals surface area contributed by atoms with Crippen molar-refractivity contribution in [2.75, 3.05) is 27.3 Å². The first-order chi connectivity index (χ1) is 15.9. The number of methoxy groups -OCH3 is 2. The number of aromatic amines is 1. The standard InChI is InChI=1S/C24H34N6O3/c1-6-24(2,3)30-22(26-27-28-30)21(29-11-9-7-8-10-12-29)17-13-16-14-19(32-4)20(33-5)15-18(16)25-23(17)31/h13-15,21H,6-12H2,1-5H3,(H,25,31)/t21-/m1/s1. The largest absolute Gasteiger partial charge is 0.493 e. The Labute approximate surface area is 194 Å². The first-order valence-corrected chi connectivity index (χ1v) is 11.7. The quantitative estimate of drug-likeness (QED) is 0.582. The Kier molecular flexibility index (Phi) is 6.69. The number of H-pyrrole nitrogens is 1. The molecule has 1 aromatic carbocycles. The van der Waals surface area contributed by atoms with Gasteiger partial charge in [-0.15, -0.1) is 5.10 Å². The molecule has 2 aromatic heterocycles. The maximum absolute atomic E-state index is 13.5. The molecular formula is C24H34N6O3. The van der Waals surface area contributed by atoms with Crippen LogP contribution in [-0.4, -0.2) is 57.4 Å². The number of nitrogens with one attached hydrogen (secondary N) is 1. The summed E-state index contributed by atoms with van der Waals surface area (Å²) in [5, 5.41) is 13.7. The summed E-state index contributed by atoms with van der Waals surface area (Å²) in [5.41, 5.74) is 0.917. The molecule has 0 aliphatic carbocycles. The van der Waals surface area contributed by atoms with Gasteiger partial charge in [0.05, 0.1) is 25.3 Å². The highest BCUT2D eigenvalue weighted by Gasteiger charge is 2.34. The minimum Gasteiger partial charge on any atom is -0.493 e. The van der Waals surface area contributed by atoms with Crippen molar-refractivity contribution in [3.05, 3.63) is 39.9 Å². The molecule has 0 spiro atoms. The van der Waals surface area contributed by atoms with E-state index in [4.69, 9.17) is 9.47 Å². The average molecular weight is 455 g/mol.